The Morgan fingerprint density at radius 2 is 2.00 bits per heavy atom. The fourth-order valence-corrected chi connectivity index (χ4v) is 1.40. The van der Waals surface area contributed by atoms with Gasteiger partial charge in [0.05, 0.1) is 0 Å². The maximum absolute atomic E-state index is 5.46. The van der Waals surface area contributed by atoms with Crippen LogP contribution in [0.4, 0.5) is 0 Å². The molecule has 1 aliphatic rings. The summed E-state index contributed by atoms with van der Waals surface area (Å²) in [4.78, 5) is 0. The molecule has 0 fully saturated rings. The van der Waals surface area contributed by atoms with Crippen LogP contribution in [0.25, 0.3) is 0 Å². The Labute approximate surface area is 77.7 Å². The molecule has 2 rings (SSSR count). The molecule has 1 heterocycles. The Morgan fingerprint density at radius 1 is 1.23 bits per heavy atom. The van der Waals surface area contributed by atoms with E-state index in [0.717, 1.165) is 18.0 Å². The van der Waals surface area contributed by atoms with E-state index in [1.54, 1.807) is 0 Å². The third-order valence-electron chi connectivity index (χ3n) is 1.99. The predicted molar refractivity (Wildman–Crippen MR) is 50.2 cm³/mol. The molecular formula is C10H13NO2. The molecule has 0 atom stereocenters. The third kappa shape index (κ3) is 1.75. The molecule has 0 aliphatic carbocycles. The van der Waals surface area contributed by atoms with Gasteiger partial charge in [0, 0.05) is 6.54 Å². The van der Waals surface area contributed by atoms with Gasteiger partial charge in [-0.25, -0.2) is 0 Å². The van der Waals surface area contributed by atoms with E-state index in [9.17, 15) is 0 Å². The molecule has 70 valence electrons. The molecule has 0 saturated heterocycles. The molecule has 0 unspecified atom stereocenters. The summed E-state index contributed by atoms with van der Waals surface area (Å²) in [5, 5.41) is 3.09. The van der Waals surface area contributed by atoms with Crippen LogP contribution in [0.5, 0.6) is 11.5 Å². The summed E-state index contributed by atoms with van der Waals surface area (Å²) in [6, 6.07) is 6.02. The zero-order valence-electron chi connectivity index (χ0n) is 7.67. The molecule has 0 saturated carbocycles. The first kappa shape index (κ1) is 8.38. The first-order chi connectivity index (χ1) is 6.40. The van der Waals surface area contributed by atoms with Crippen LogP contribution >= 0.6 is 0 Å². The summed E-state index contributed by atoms with van der Waals surface area (Å²) in [6.45, 7) is 2.16. The number of ether oxygens (including phenoxy) is 2. The lowest BCUT2D eigenvalue weighted by Crippen LogP contribution is -2.15. The van der Waals surface area contributed by atoms with Gasteiger partial charge in [-0.1, -0.05) is 6.07 Å². The molecule has 0 radical (unpaired) electrons. The van der Waals surface area contributed by atoms with Gasteiger partial charge in [0.1, 0.15) is 13.2 Å². The lowest BCUT2D eigenvalue weighted by molar-refractivity contribution is 0.171. The van der Waals surface area contributed by atoms with Crippen LogP contribution in [0.1, 0.15) is 5.56 Å². The molecule has 1 aromatic rings. The van der Waals surface area contributed by atoms with Gasteiger partial charge in [-0.15, -0.1) is 0 Å². The van der Waals surface area contributed by atoms with E-state index in [1.165, 1.54) is 5.56 Å². The predicted octanol–water partition coefficient (Wildman–Crippen LogP) is 1.18. The van der Waals surface area contributed by atoms with Crippen LogP contribution in [-0.4, -0.2) is 20.3 Å². The highest BCUT2D eigenvalue weighted by Crippen LogP contribution is 2.30. The van der Waals surface area contributed by atoms with Crippen molar-refractivity contribution in [3.8, 4) is 11.5 Å². The second-order valence-corrected chi connectivity index (χ2v) is 3.01. The molecule has 0 aromatic heterocycles. The minimum atomic E-state index is 0.649. The third-order valence-corrected chi connectivity index (χ3v) is 1.99. The van der Waals surface area contributed by atoms with Gasteiger partial charge in [0.15, 0.2) is 11.5 Å². The Morgan fingerprint density at radius 3 is 2.77 bits per heavy atom. The fraction of sp³-hybridized carbons (Fsp3) is 0.400. The molecule has 0 bridgehead atoms. The minimum absolute atomic E-state index is 0.649. The van der Waals surface area contributed by atoms with Crippen molar-refractivity contribution in [2.45, 2.75) is 6.54 Å². The van der Waals surface area contributed by atoms with Crippen molar-refractivity contribution in [3.05, 3.63) is 23.8 Å². The van der Waals surface area contributed by atoms with Gasteiger partial charge < -0.3 is 14.8 Å². The Hall–Kier alpha value is -1.22. The van der Waals surface area contributed by atoms with E-state index in [4.69, 9.17) is 9.47 Å². The van der Waals surface area contributed by atoms with E-state index >= 15 is 0 Å². The van der Waals surface area contributed by atoms with Gasteiger partial charge in [-0.2, -0.15) is 0 Å². The molecule has 3 heteroatoms. The van der Waals surface area contributed by atoms with Gasteiger partial charge in [-0.3, -0.25) is 0 Å². The van der Waals surface area contributed by atoms with Gasteiger partial charge in [-0.05, 0) is 24.7 Å². The molecule has 3 nitrogen and oxygen atoms in total. The number of hydrogen-bond acceptors (Lipinski definition) is 3. The minimum Gasteiger partial charge on any atom is -0.486 e. The number of fused-ring (bicyclic) bond motifs is 1. The first-order valence-electron chi connectivity index (χ1n) is 4.43. The molecule has 1 aliphatic heterocycles. The lowest BCUT2D eigenvalue weighted by atomic mass is 10.2. The van der Waals surface area contributed by atoms with Crippen LogP contribution < -0.4 is 14.8 Å². The van der Waals surface area contributed by atoms with E-state index in [2.05, 4.69) is 5.32 Å². The summed E-state index contributed by atoms with van der Waals surface area (Å²) < 4.78 is 10.9. The normalized spacial score (nSPS) is 14.2. The largest absolute Gasteiger partial charge is 0.486 e. The molecule has 1 aromatic carbocycles. The Balaban J connectivity index is 2.24. The number of hydrogen-bond donors (Lipinski definition) is 1. The van der Waals surface area contributed by atoms with Crippen molar-refractivity contribution in [1.82, 2.24) is 5.32 Å². The van der Waals surface area contributed by atoms with Gasteiger partial charge in [0.2, 0.25) is 0 Å². The van der Waals surface area contributed by atoms with Crippen molar-refractivity contribution < 1.29 is 9.47 Å². The molecular weight excluding hydrogens is 166 g/mol. The molecule has 0 spiro atoms. The second-order valence-electron chi connectivity index (χ2n) is 3.01. The summed E-state index contributed by atoms with van der Waals surface area (Å²) in [7, 11) is 1.93. The van der Waals surface area contributed by atoms with Crippen LogP contribution in [0.2, 0.25) is 0 Å². The van der Waals surface area contributed by atoms with Gasteiger partial charge >= 0.3 is 0 Å². The maximum Gasteiger partial charge on any atom is 0.161 e. The first-order valence-corrected chi connectivity index (χ1v) is 4.43. The number of nitrogens with one attached hydrogen (secondary N) is 1. The highest BCUT2D eigenvalue weighted by molar-refractivity contribution is 5.43. The van der Waals surface area contributed by atoms with Crippen LogP contribution in [0.3, 0.4) is 0 Å². The van der Waals surface area contributed by atoms with Crippen molar-refractivity contribution in [3.63, 3.8) is 0 Å². The average Bonchev–Trinajstić information content (AvgIpc) is 2.18. The summed E-state index contributed by atoms with van der Waals surface area (Å²) in [5.41, 5.74) is 1.21. The second kappa shape index (κ2) is 3.66. The van der Waals surface area contributed by atoms with E-state index in [-0.39, 0.29) is 0 Å². The van der Waals surface area contributed by atoms with Crippen LogP contribution in [0, 0.1) is 0 Å². The van der Waals surface area contributed by atoms with Gasteiger partial charge in [0.25, 0.3) is 0 Å². The number of rotatable bonds is 2. The quantitative estimate of drug-likeness (QED) is 0.739. The zero-order chi connectivity index (χ0) is 9.10. The smallest absolute Gasteiger partial charge is 0.161 e. The van der Waals surface area contributed by atoms with E-state index in [1.807, 2.05) is 25.2 Å². The molecule has 1 N–H and O–H groups in total. The van der Waals surface area contributed by atoms with Crippen LogP contribution in [0.15, 0.2) is 18.2 Å². The molecule has 0 amide bonds. The monoisotopic (exact) mass is 179 g/mol. The Bertz CT molecular complexity index is 299. The summed E-state index contributed by atoms with van der Waals surface area (Å²) in [5.74, 6) is 1.71. The van der Waals surface area contributed by atoms with Crippen molar-refractivity contribution >= 4 is 0 Å². The summed E-state index contributed by atoms with van der Waals surface area (Å²) >= 11 is 0. The van der Waals surface area contributed by atoms with Crippen LogP contribution in [-0.2, 0) is 6.54 Å². The van der Waals surface area contributed by atoms with Crippen molar-refractivity contribution in [2.24, 2.45) is 0 Å². The summed E-state index contributed by atoms with van der Waals surface area (Å²) in [6.07, 6.45) is 0. The zero-order valence-corrected chi connectivity index (χ0v) is 7.67. The average molecular weight is 179 g/mol. The SMILES string of the molecule is CNCc1ccc2c(c1)OCCO2. The van der Waals surface area contributed by atoms with Crippen molar-refractivity contribution in [1.29, 1.82) is 0 Å². The maximum atomic E-state index is 5.46. The van der Waals surface area contributed by atoms with E-state index in [0.29, 0.717) is 13.2 Å². The fourth-order valence-electron chi connectivity index (χ4n) is 1.40. The lowest BCUT2D eigenvalue weighted by Gasteiger charge is -2.18. The standard InChI is InChI=1S/C10H13NO2/c1-11-7-8-2-3-9-10(6-8)13-5-4-12-9/h2-3,6,11H,4-5,7H2,1H3. The Kier molecular flexibility index (Phi) is 2.36. The highest BCUT2D eigenvalue weighted by Gasteiger charge is 2.10. The highest BCUT2D eigenvalue weighted by atomic mass is 16.6. The topological polar surface area (TPSA) is 30.5 Å². The molecule has 13 heavy (non-hydrogen) atoms. The van der Waals surface area contributed by atoms with Crippen molar-refractivity contribution in [2.75, 3.05) is 20.3 Å². The van der Waals surface area contributed by atoms with E-state index < -0.39 is 0 Å². The number of benzene rings is 1.